The lowest BCUT2D eigenvalue weighted by Gasteiger charge is -2.39. The van der Waals surface area contributed by atoms with Gasteiger partial charge < -0.3 is 15.1 Å². The van der Waals surface area contributed by atoms with Crippen molar-refractivity contribution in [3.8, 4) is 0 Å². The Labute approximate surface area is 149 Å². The molecule has 1 aliphatic rings. The van der Waals surface area contributed by atoms with Gasteiger partial charge in [-0.3, -0.25) is 4.79 Å². The highest BCUT2D eigenvalue weighted by Crippen LogP contribution is 2.29. The fourth-order valence-corrected chi connectivity index (χ4v) is 3.64. The van der Waals surface area contributed by atoms with Crippen LogP contribution in [-0.2, 0) is 11.3 Å². The fraction of sp³-hybridized carbons (Fsp3) is 0.556. The largest absolute Gasteiger partial charge is 0.347 e. The van der Waals surface area contributed by atoms with Crippen LogP contribution in [0.2, 0.25) is 0 Å². The van der Waals surface area contributed by atoms with Crippen molar-refractivity contribution in [2.75, 3.05) is 39.5 Å². The predicted octanol–water partition coefficient (Wildman–Crippen LogP) is 2.05. The molecule has 24 heavy (non-hydrogen) atoms. The van der Waals surface area contributed by atoms with Gasteiger partial charge in [0.1, 0.15) is 0 Å². The van der Waals surface area contributed by atoms with Crippen LogP contribution < -0.4 is 5.32 Å². The molecule has 0 aliphatic carbocycles. The number of guanidine groups is 1. The van der Waals surface area contributed by atoms with Crippen molar-refractivity contribution in [1.82, 2.24) is 15.1 Å². The van der Waals surface area contributed by atoms with Crippen molar-refractivity contribution in [2.45, 2.75) is 25.1 Å². The molecule has 1 aromatic carbocycles. The number of nitrogens with zero attached hydrogens (tertiary/aromatic N) is 3. The minimum atomic E-state index is 0.0491. The lowest BCUT2D eigenvalue weighted by atomic mass is 10.2. The average molecular weight is 349 g/mol. The van der Waals surface area contributed by atoms with Crippen LogP contribution in [0.15, 0.2) is 35.3 Å². The number of nitrogens with one attached hydrogen (secondary N) is 1. The zero-order chi connectivity index (χ0) is 17.6. The van der Waals surface area contributed by atoms with Crippen LogP contribution in [0.1, 0.15) is 19.4 Å². The van der Waals surface area contributed by atoms with Crippen molar-refractivity contribution < 1.29 is 4.79 Å². The van der Waals surface area contributed by atoms with Gasteiger partial charge >= 0.3 is 0 Å². The smallest absolute Gasteiger partial charge is 0.241 e. The summed E-state index contributed by atoms with van der Waals surface area (Å²) < 4.78 is 0.193. The third-order valence-corrected chi connectivity index (χ3v) is 5.17. The molecule has 1 aromatic rings. The molecule has 0 saturated carbocycles. The summed E-state index contributed by atoms with van der Waals surface area (Å²) in [7, 11) is 3.54. The Balaban J connectivity index is 2.09. The van der Waals surface area contributed by atoms with E-state index in [4.69, 9.17) is 4.99 Å². The number of rotatable bonds is 4. The van der Waals surface area contributed by atoms with E-state index in [1.54, 1.807) is 19.0 Å². The highest BCUT2D eigenvalue weighted by Gasteiger charge is 2.29. The molecule has 0 radical (unpaired) electrons. The van der Waals surface area contributed by atoms with E-state index in [9.17, 15) is 4.79 Å². The molecule has 132 valence electrons. The SMILES string of the molecule is CN(C)C(=O)CNC(=NCc1ccccc1)N1CCSC(C)(C)C1. The molecule has 1 N–H and O–H groups in total. The van der Waals surface area contributed by atoms with Crippen LogP contribution >= 0.6 is 11.8 Å². The molecule has 1 saturated heterocycles. The number of hydrogen-bond donors (Lipinski definition) is 1. The number of carbonyl (C=O) groups excluding carboxylic acids is 1. The molecule has 0 bridgehead atoms. The Kier molecular flexibility index (Phi) is 6.54. The van der Waals surface area contributed by atoms with Crippen LogP contribution in [0.5, 0.6) is 0 Å². The van der Waals surface area contributed by atoms with E-state index in [1.165, 1.54) is 5.56 Å². The summed E-state index contributed by atoms with van der Waals surface area (Å²) in [6.45, 7) is 7.26. The molecule has 1 aliphatic heterocycles. The number of carbonyl (C=O) groups is 1. The van der Waals surface area contributed by atoms with Crippen LogP contribution in [0.3, 0.4) is 0 Å². The quantitative estimate of drug-likeness (QED) is 0.668. The zero-order valence-corrected chi connectivity index (χ0v) is 15.9. The Hall–Kier alpha value is -1.69. The monoisotopic (exact) mass is 348 g/mol. The van der Waals surface area contributed by atoms with E-state index in [2.05, 4.69) is 36.2 Å². The molecule has 1 heterocycles. The first-order valence-electron chi connectivity index (χ1n) is 8.29. The van der Waals surface area contributed by atoms with Crippen molar-refractivity contribution in [1.29, 1.82) is 0 Å². The highest BCUT2D eigenvalue weighted by molar-refractivity contribution is 8.00. The van der Waals surface area contributed by atoms with Gasteiger partial charge in [0.15, 0.2) is 5.96 Å². The van der Waals surface area contributed by atoms with Crippen molar-refractivity contribution in [2.24, 2.45) is 4.99 Å². The second kappa shape index (κ2) is 8.42. The first-order valence-corrected chi connectivity index (χ1v) is 9.27. The number of hydrogen-bond acceptors (Lipinski definition) is 3. The van der Waals surface area contributed by atoms with Gasteiger partial charge in [-0.05, 0) is 19.4 Å². The summed E-state index contributed by atoms with van der Waals surface area (Å²) in [6.07, 6.45) is 0. The van der Waals surface area contributed by atoms with E-state index < -0.39 is 0 Å². The first kappa shape index (κ1) is 18.6. The van der Waals surface area contributed by atoms with Gasteiger partial charge in [0, 0.05) is 37.7 Å². The minimum absolute atomic E-state index is 0.0491. The predicted molar refractivity (Wildman–Crippen MR) is 102 cm³/mol. The second-order valence-electron chi connectivity index (χ2n) is 6.80. The van der Waals surface area contributed by atoms with Crippen LogP contribution in [0.4, 0.5) is 0 Å². The Morgan fingerprint density at radius 3 is 2.67 bits per heavy atom. The maximum atomic E-state index is 11.9. The van der Waals surface area contributed by atoms with Crippen LogP contribution in [0.25, 0.3) is 0 Å². The molecule has 1 amide bonds. The molecule has 0 aromatic heterocycles. The normalized spacial score (nSPS) is 17.5. The van der Waals surface area contributed by atoms with Gasteiger partial charge in [0.05, 0.1) is 13.1 Å². The Bertz CT molecular complexity index is 572. The maximum absolute atomic E-state index is 11.9. The van der Waals surface area contributed by atoms with E-state index in [1.807, 2.05) is 30.0 Å². The maximum Gasteiger partial charge on any atom is 0.241 e. The summed E-state index contributed by atoms with van der Waals surface area (Å²) in [5, 5.41) is 3.25. The average Bonchev–Trinajstić information content (AvgIpc) is 2.54. The van der Waals surface area contributed by atoms with E-state index in [0.717, 1.165) is 24.8 Å². The summed E-state index contributed by atoms with van der Waals surface area (Å²) in [4.78, 5) is 20.5. The molecule has 1 fully saturated rings. The summed E-state index contributed by atoms with van der Waals surface area (Å²) in [5.74, 6) is 1.94. The van der Waals surface area contributed by atoms with E-state index >= 15 is 0 Å². The zero-order valence-electron chi connectivity index (χ0n) is 15.1. The molecule has 5 nitrogen and oxygen atoms in total. The second-order valence-corrected chi connectivity index (χ2v) is 8.60. The van der Waals surface area contributed by atoms with E-state index in [-0.39, 0.29) is 17.2 Å². The van der Waals surface area contributed by atoms with Crippen molar-refractivity contribution in [3.63, 3.8) is 0 Å². The van der Waals surface area contributed by atoms with Crippen molar-refractivity contribution in [3.05, 3.63) is 35.9 Å². The molecule has 0 unspecified atom stereocenters. The summed E-state index contributed by atoms with van der Waals surface area (Å²) >= 11 is 1.99. The van der Waals surface area contributed by atoms with Crippen LogP contribution in [-0.4, -0.2) is 65.9 Å². The number of thioether (sulfide) groups is 1. The lowest BCUT2D eigenvalue weighted by Crippen LogP contribution is -2.52. The molecular formula is C18H28N4OS. The van der Waals surface area contributed by atoms with Crippen LogP contribution in [0, 0.1) is 0 Å². The van der Waals surface area contributed by atoms with Gasteiger partial charge in [0.25, 0.3) is 0 Å². The van der Waals surface area contributed by atoms with Crippen molar-refractivity contribution >= 4 is 23.6 Å². The highest BCUT2D eigenvalue weighted by atomic mass is 32.2. The lowest BCUT2D eigenvalue weighted by molar-refractivity contribution is -0.127. The summed E-state index contributed by atoms with van der Waals surface area (Å²) in [6, 6.07) is 10.2. The molecular weight excluding hydrogens is 320 g/mol. The van der Waals surface area contributed by atoms with Gasteiger partial charge in [-0.1, -0.05) is 30.3 Å². The standard InChI is InChI=1S/C18H28N4OS/c1-18(2)14-22(10-11-24-18)17(20-13-16(23)21(3)4)19-12-15-8-6-5-7-9-15/h5-9H,10-14H2,1-4H3,(H,19,20). The molecule has 6 heteroatoms. The Morgan fingerprint density at radius 1 is 1.33 bits per heavy atom. The van der Waals surface area contributed by atoms with Gasteiger partial charge in [-0.15, -0.1) is 0 Å². The fourth-order valence-electron chi connectivity index (χ4n) is 2.53. The number of aliphatic imine (C=N–C) groups is 1. The summed E-state index contributed by atoms with van der Waals surface area (Å²) in [5.41, 5.74) is 1.17. The molecule has 0 atom stereocenters. The van der Waals surface area contributed by atoms with Gasteiger partial charge in [-0.25, -0.2) is 4.99 Å². The number of amides is 1. The molecule has 2 rings (SSSR count). The third-order valence-electron chi connectivity index (χ3n) is 3.88. The molecule has 0 spiro atoms. The van der Waals surface area contributed by atoms with Gasteiger partial charge in [0.2, 0.25) is 5.91 Å². The number of benzene rings is 1. The third kappa shape index (κ3) is 5.74. The number of likely N-dealkylation sites (N-methyl/N-ethyl adjacent to an activating group) is 1. The Morgan fingerprint density at radius 2 is 2.04 bits per heavy atom. The topological polar surface area (TPSA) is 47.9 Å². The first-order chi connectivity index (χ1) is 11.4. The minimum Gasteiger partial charge on any atom is -0.347 e. The van der Waals surface area contributed by atoms with Gasteiger partial charge in [-0.2, -0.15) is 11.8 Å². The van der Waals surface area contributed by atoms with E-state index in [0.29, 0.717) is 6.54 Å².